The highest BCUT2D eigenvalue weighted by molar-refractivity contribution is 6.31. The van der Waals surface area contributed by atoms with E-state index in [2.05, 4.69) is 12.1 Å². The molecule has 0 amide bonds. The molecule has 0 spiro atoms. The van der Waals surface area contributed by atoms with Crippen LogP contribution in [0.15, 0.2) is 24.3 Å². The molecule has 0 nitrogen and oxygen atoms in total. The quantitative estimate of drug-likeness (QED) is 0.636. The summed E-state index contributed by atoms with van der Waals surface area (Å²) in [4.78, 5) is 0. The fraction of sp³-hybridized carbons (Fsp3) is 0.600. The maximum Gasteiger partial charge on any atom is 0.0438 e. The third-order valence-corrected chi connectivity index (χ3v) is 4.63. The predicted molar refractivity (Wildman–Crippen MR) is 75.9 cm³/mol. The van der Waals surface area contributed by atoms with E-state index in [0.29, 0.717) is 5.92 Å². The van der Waals surface area contributed by atoms with Gasteiger partial charge in [0.15, 0.2) is 0 Å². The van der Waals surface area contributed by atoms with Gasteiger partial charge in [0.2, 0.25) is 0 Å². The maximum absolute atomic E-state index is 6.20. The van der Waals surface area contributed by atoms with Crippen molar-refractivity contribution in [2.24, 2.45) is 11.8 Å². The second-order valence-electron chi connectivity index (χ2n) is 5.20. The Labute approximate surface area is 114 Å². The minimum Gasteiger partial charge on any atom is -0.126 e. The molecule has 1 aromatic rings. The lowest BCUT2D eigenvalue weighted by Crippen LogP contribution is -2.11. The van der Waals surface area contributed by atoms with E-state index in [1.165, 1.54) is 37.7 Å². The number of halogens is 2. The zero-order valence-electron chi connectivity index (χ0n) is 10.2. The van der Waals surface area contributed by atoms with Crippen molar-refractivity contribution >= 4 is 23.2 Å². The van der Waals surface area contributed by atoms with Crippen LogP contribution in [0.4, 0.5) is 0 Å². The van der Waals surface area contributed by atoms with Gasteiger partial charge in [-0.1, -0.05) is 55.5 Å². The van der Waals surface area contributed by atoms with Gasteiger partial charge in [0, 0.05) is 10.9 Å². The van der Waals surface area contributed by atoms with E-state index in [-0.39, 0.29) is 0 Å². The van der Waals surface area contributed by atoms with Crippen molar-refractivity contribution in [3.05, 3.63) is 34.9 Å². The van der Waals surface area contributed by atoms with Crippen molar-refractivity contribution in [1.82, 2.24) is 0 Å². The first-order valence-electron chi connectivity index (χ1n) is 6.59. The van der Waals surface area contributed by atoms with Crippen LogP contribution in [0, 0.1) is 11.8 Å². The summed E-state index contributed by atoms with van der Waals surface area (Å²) in [7, 11) is 0. The molecule has 0 radical (unpaired) electrons. The monoisotopic (exact) mass is 270 g/mol. The number of hydrogen-bond acceptors (Lipinski definition) is 0. The highest BCUT2D eigenvalue weighted by Crippen LogP contribution is 2.32. The average molecular weight is 271 g/mol. The van der Waals surface area contributed by atoms with Gasteiger partial charge in [-0.2, -0.15) is 0 Å². The molecular formula is C15H20Cl2. The van der Waals surface area contributed by atoms with Crippen LogP contribution < -0.4 is 0 Å². The lowest BCUT2D eigenvalue weighted by Gasteiger charge is -2.18. The molecule has 0 aliphatic heterocycles. The fourth-order valence-electron chi connectivity index (χ4n) is 2.89. The Balaban J connectivity index is 1.92. The molecule has 1 fully saturated rings. The van der Waals surface area contributed by atoms with Crippen molar-refractivity contribution in [3.8, 4) is 0 Å². The highest BCUT2D eigenvalue weighted by atomic mass is 35.5. The standard InChI is InChI=1S/C15H20Cl2/c16-11-13(9-12-5-1-2-6-12)10-14-7-3-4-8-15(14)17/h3-4,7-8,12-13H,1-2,5-6,9-11H2. The Bertz CT molecular complexity index is 343. The van der Waals surface area contributed by atoms with E-state index in [9.17, 15) is 0 Å². The molecular weight excluding hydrogens is 251 g/mol. The second kappa shape index (κ2) is 6.66. The van der Waals surface area contributed by atoms with E-state index >= 15 is 0 Å². The summed E-state index contributed by atoms with van der Waals surface area (Å²) in [6.45, 7) is 0. The fourth-order valence-corrected chi connectivity index (χ4v) is 3.34. The molecule has 1 unspecified atom stereocenters. The van der Waals surface area contributed by atoms with Crippen LogP contribution in [-0.2, 0) is 6.42 Å². The van der Waals surface area contributed by atoms with Gasteiger partial charge in [0.25, 0.3) is 0 Å². The second-order valence-corrected chi connectivity index (χ2v) is 5.92. The Morgan fingerprint density at radius 2 is 1.88 bits per heavy atom. The van der Waals surface area contributed by atoms with Gasteiger partial charge in [-0.3, -0.25) is 0 Å². The van der Waals surface area contributed by atoms with Gasteiger partial charge in [-0.15, -0.1) is 11.6 Å². The summed E-state index contributed by atoms with van der Waals surface area (Å²) in [6.07, 6.45) is 7.91. The van der Waals surface area contributed by atoms with Gasteiger partial charge in [0.1, 0.15) is 0 Å². The SMILES string of the molecule is ClCC(Cc1ccccc1Cl)CC1CCCC1. The van der Waals surface area contributed by atoms with Gasteiger partial charge >= 0.3 is 0 Å². The maximum atomic E-state index is 6.20. The van der Waals surface area contributed by atoms with E-state index in [1.54, 1.807) is 0 Å². The molecule has 1 aliphatic rings. The minimum absolute atomic E-state index is 0.583. The topological polar surface area (TPSA) is 0 Å². The smallest absolute Gasteiger partial charge is 0.0438 e. The van der Waals surface area contributed by atoms with Crippen LogP contribution in [0.5, 0.6) is 0 Å². The van der Waals surface area contributed by atoms with Gasteiger partial charge in [0.05, 0.1) is 0 Å². The summed E-state index contributed by atoms with van der Waals surface area (Å²) in [5.41, 5.74) is 1.25. The normalized spacial score (nSPS) is 18.5. The summed E-state index contributed by atoms with van der Waals surface area (Å²) in [6, 6.07) is 8.13. The Kier molecular flexibility index (Phi) is 5.18. The first-order chi connectivity index (χ1) is 8.29. The molecule has 2 heteroatoms. The minimum atomic E-state index is 0.583. The molecule has 0 N–H and O–H groups in total. The van der Waals surface area contributed by atoms with Crippen molar-refractivity contribution < 1.29 is 0 Å². The van der Waals surface area contributed by atoms with Gasteiger partial charge in [-0.05, 0) is 36.3 Å². The predicted octanol–water partition coefficient (Wildman–Crippen LogP) is 5.32. The van der Waals surface area contributed by atoms with Gasteiger partial charge in [-0.25, -0.2) is 0 Å². The van der Waals surface area contributed by atoms with Crippen molar-refractivity contribution in [1.29, 1.82) is 0 Å². The van der Waals surface area contributed by atoms with Crippen molar-refractivity contribution in [2.45, 2.75) is 38.5 Å². The summed E-state index contributed by atoms with van der Waals surface area (Å²) in [5.74, 6) is 2.24. The van der Waals surface area contributed by atoms with Crippen LogP contribution in [0.25, 0.3) is 0 Å². The first-order valence-corrected chi connectivity index (χ1v) is 7.50. The number of rotatable bonds is 5. The van der Waals surface area contributed by atoms with Crippen molar-refractivity contribution in [2.75, 3.05) is 5.88 Å². The molecule has 0 bridgehead atoms. The molecule has 0 heterocycles. The van der Waals surface area contributed by atoms with E-state index in [1.807, 2.05) is 12.1 Å². The molecule has 94 valence electrons. The molecule has 1 aromatic carbocycles. The highest BCUT2D eigenvalue weighted by Gasteiger charge is 2.20. The van der Waals surface area contributed by atoms with Gasteiger partial charge < -0.3 is 0 Å². The number of benzene rings is 1. The van der Waals surface area contributed by atoms with E-state index in [4.69, 9.17) is 23.2 Å². The Hall–Kier alpha value is -0.200. The van der Waals surface area contributed by atoms with Crippen LogP contribution in [0.2, 0.25) is 5.02 Å². The summed E-state index contributed by atoms with van der Waals surface area (Å²) < 4.78 is 0. The van der Waals surface area contributed by atoms with Crippen LogP contribution in [-0.4, -0.2) is 5.88 Å². The number of alkyl halides is 1. The Morgan fingerprint density at radius 3 is 2.53 bits per heavy atom. The lowest BCUT2D eigenvalue weighted by molar-refractivity contribution is 0.399. The van der Waals surface area contributed by atoms with Crippen LogP contribution in [0.3, 0.4) is 0 Å². The van der Waals surface area contributed by atoms with E-state index < -0.39 is 0 Å². The third-order valence-electron chi connectivity index (χ3n) is 3.83. The van der Waals surface area contributed by atoms with E-state index in [0.717, 1.165) is 23.2 Å². The Morgan fingerprint density at radius 1 is 1.18 bits per heavy atom. The van der Waals surface area contributed by atoms with Crippen LogP contribution in [0.1, 0.15) is 37.7 Å². The van der Waals surface area contributed by atoms with Crippen LogP contribution >= 0.6 is 23.2 Å². The lowest BCUT2D eigenvalue weighted by atomic mass is 9.90. The average Bonchev–Trinajstić information content (AvgIpc) is 2.84. The zero-order chi connectivity index (χ0) is 12.1. The molecule has 17 heavy (non-hydrogen) atoms. The molecule has 2 rings (SSSR count). The summed E-state index contributed by atoms with van der Waals surface area (Å²) in [5, 5.41) is 0.883. The molecule has 1 atom stereocenters. The first kappa shape index (κ1) is 13.2. The summed E-state index contributed by atoms with van der Waals surface area (Å²) >= 11 is 12.3. The zero-order valence-corrected chi connectivity index (χ0v) is 11.7. The molecule has 0 saturated heterocycles. The molecule has 1 saturated carbocycles. The third kappa shape index (κ3) is 3.89. The van der Waals surface area contributed by atoms with Crippen molar-refractivity contribution in [3.63, 3.8) is 0 Å². The molecule has 0 aromatic heterocycles. The number of hydrogen-bond donors (Lipinski definition) is 0. The largest absolute Gasteiger partial charge is 0.126 e. The molecule has 1 aliphatic carbocycles.